The summed E-state index contributed by atoms with van der Waals surface area (Å²) in [6, 6.07) is 18.0. The van der Waals surface area contributed by atoms with Crippen molar-refractivity contribution in [3.05, 3.63) is 65.7 Å². The van der Waals surface area contributed by atoms with Crippen molar-refractivity contribution in [2.45, 2.75) is 36.9 Å². The summed E-state index contributed by atoms with van der Waals surface area (Å²) in [5.41, 5.74) is 2.35. The molecular weight excluding hydrogens is 384 g/mol. The van der Waals surface area contributed by atoms with Crippen molar-refractivity contribution >= 4 is 15.8 Å². The molecule has 1 fully saturated rings. The largest absolute Gasteiger partial charge is 0.355 e. The lowest BCUT2D eigenvalue weighted by Crippen LogP contribution is -2.44. The van der Waals surface area contributed by atoms with E-state index in [4.69, 9.17) is 0 Å². The molecule has 0 saturated carbocycles. The van der Waals surface area contributed by atoms with E-state index in [1.165, 1.54) is 24.7 Å². The van der Waals surface area contributed by atoms with Crippen LogP contribution < -0.4 is 10.6 Å². The molecule has 2 N–H and O–H groups in total. The van der Waals surface area contributed by atoms with E-state index in [1.807, 2.05) is 12.1 Å². The Morgan fingerprint density at radius 2 is 1.79 bits per heavy atom. The van der Waals surface area contributed by atoms with Crippen LogP contribution in [-0.2, 0) is 22.9 Å². The summed E-state index contributed by atoms with van der Waals surface area (Å²) in [4.78, 5) is 7.17. The summed E-state index contributed by atoms with van der Waals surface area (Å²) in [5.74, 6) is 0.753. The van der Waals surface area contributed by atoms with E-state index in [2.05, 4.69) is 50.9 Å². The minimum Gasteiger partial charge on any atom is -0.355 e. The van der Waals surface area contributed by atoms with Gasteiger partial charge in [-0.15, -0.1) is 0 Å². The van der Waals surface area contributed by atoms with Crippen molar-refractivity contribution in [3.63, 3.8) is 0 Å². The van der Waals surface area contributed by atoms with E-state index in [-0.39, 0.29) is 0 Å². The maximum Gasteiger partial charge on any atom is 0.191 e. The summed E-state index contributed by atoms with van der Waals surface area (Å²) in [5, 5.41) is 6.74. The number of guanidine groups is 1. The van der Waals surface area contributed by atoms with Crippen molar-refractivity contribution in [1.29, 1.82) is 0 Å². The van der Waals surface area contributed by atoms with Gasteiger partial charge in [-0.3, -0.25) is 9.89 Å². The molecule has 1 heterocycles. The van der Waals surface area contributed by atoms with Gasteiger partial charge < -0.3 is 10.6 Å². The Morgan fingerprint density at radius 3 is 2.45 bits per heavy atom. The zero-order valence-electron chi connectivity index (χ0n) is 17.1. The quantitative estimate of drug-likeness (QED) is 0.538. The maximum absolute atomic E-state index is 11.6. The normalized spacial score (nSPS) is 18.0. The first-order valence-electron chi connectivity index (χ1n) is 9.97. The topological polar surface area (TPSA) is 73.8 Å². The van der Waals surface area contributed by atoms with Gasteiger partial charge in [0.2, 0.25) is 0 Å². The summed E-state index contributed by atoms with van der Waals surface area (Å²) >= 11 is 0. The van der Waals surface area contributed by atoms with Gasteiger partial charge in [0.05, 0.1) is 4.90 Å². The van der Waals surface area contributed by atoms with Crippen LogP contribution in [0.3, 0.4) is 0 Å². The van der Waals surface area contributed by atoms with Crippen LogP contribution in [0.25, 0.3) is 0 Å². The van der Waals surface area contributed by atoms with Gasteiger partial charge in [0.15, 0.2) is 15.8 Å². The van der Waals surface area contributed by atoms with E-state index in [0.717, 1.165) is 31.2 Å². The lowest BCUT2D eigenvalue weighted by molar-refractivity contribution is 0.245. The molecule has 0 radical (unpaired) electrons. The molecule has 29 heavy (non-hydrogen) atoms. The van der Waals surface area contributed by atoms with Gasteiger partial charge in [0, 0.05) is 39.0 Å². The molecule has 0 amide bonds. The average Bonchev–Trinajstić information content (AvgIpc) is 3.15. The number of sulfone groups is 1. The number of nitrogens with zero attached hydrogens (tertiary/aromatic N) is 2. The lowest BCUT2D eigenvalue weighted by Gasteiger charge is -2.25. The third-order valence-corrected chi connectivity index (χ3v) is 6.40. The van der Waals surface area contributed by atoms with E-state index in [0.29, 0.717) is 17.5 Å². The smallest absolute Gasteiger partial charge is 0.191 e. The molecule has 1 unspecified atom stereocenters. The summed E-state index contributed by atoms with van der Waals surface area (Å²) in [7, 11) is -1.40. The molecule has 2 aromatic rings. The first-order chi connectivity index (χ1) is 14.0. The number of likely N-dealkylation sites (tertiary alicyclic amines) is 1. The molecule has 0 aliphatic carbocycles. The number of hydrogen-bond donors (Lipinski definition) is 2. The predicted octanol–water partition coefficient (Wildman–Crippen LogP) is 2.42. The zero-order valence-corrected chi connectivity index (χ0v) is 18.0. The Bertz CT molecular complexity index is 912. The molecule has 3 rings (SSSR count). The number of nitrogens with one attached hydrogen (secondary N) is 2. The molecule has 1 aliphatic rings. The van der Waals surface area contributed by atoms with E-state index in [9.17, 15) is 8.42 Å². The molecule has 1 saturated heterocycles. The third kappa shape index (κ3) is 6.30. The molecule has 2 aromatic carbocycles. The summed E-state index contributed by atoms with van der Waals surface area (Å²) in [6.45, 7) is 3.54. The van der Waals surface area contributed by atoms with Gasteiger partial charge in [0.1, 0.15) is 0 Å². The van der Waals surface area contributed by atoms with Crippen LogP contribution in [0.1, 0.15) is 24.0 Å². The van der Waals surface area contributed by atoms with Crippen LogP contribution in [0.2, 0.25) is 0 Å². The molecule has 156 valence electrons. The highest BCUT2D eigenvalue weighted by Gasteiger charge is 2.24. The average molecular weight is 415 g/mol. The minimum absolute atomic E-state index is 0.337. The van der Waals surface area contributed by atoms with E-state index < -0.39 is 9.84 Å². The van der Waals surface area contributed by atoms with Crippen molar-refractivity contribution in [3.8, 4) is 0 Å². The molecule has 6 nitrogen and oxygen atoms in total. The zero-order chi connectivity index (χ0) is 20.7. The molecule has 0 aromatic heterocycles. The fourth-order valence-electron chi connectivity index (χ4n) is 3.63. The molecule has 0 bridgehead atoms. The third-order valence-electron chi connectivity index (χ3n) is 5.27. The van der Waals surface area contributed by atoms with Gasteiger partial charge in [0.25, 0.3) is 0 Å². The van der Waals surface area contributed by atoms with Crippen LogP contribution in [0.15, 0.2) is 64.5 Å². The van der Waals surface area contributed by atoms with Gasteiger partial charge in [-0.1, -0.05) is 42.5 Å². The molecule has 1 atom stereocenters. The molecule has 1 aliphatic heterocycles. The molecule has 7 heteroatoms. The molecular formula is C22H30N4O2S. The SMILES string of the molecule is CN=C(NCc1ccc(S(C)(=O)=O)cc1)NCC1CCCN1Cc1ccccc1. The highest BCUT2D eigenvalue weighted by molar-refractivity contribution is 7.90. The van der Waals surface area contributed by atoms with Crippen molar-refractivity contribution in [2.75, 3.05) is 26.4 Å². The predicted molar refractivity (Wildman–Crippen MR) is 118 cm³/mol. The fourth-order valence-corrected chi connectivity index (χ4v) is 4.26. The van der Waals surface area contributed by atoms with Gasteiger partial charge in [-0.25, -0.2) is 8.42 Å². The first kappa shape index (κ1) is 21.3. The standard InChI is InChI=1S/C22H30N4O2S/c1-23-22(24-15-18-10-12-21(13-11-18)29(2,27)28)25-16-20-9-6-14-26(20)17-19-7-4-3-5-8-19/h3-5,7-8,10-13,20H,6,9,14-17H2,1-2H3,(H2,23,24,25). The number of benzene rings is 2. The van der Waals surface area contributed by atoms with E-state index in [1.54, 1.807) is 19.2 Å². The Labute approximate surface area is 174 Å². The second-order valence-corrected chi connectivity index (χ2v) is 9.49. The Hall–Kier alpha value is -2.38. The van der Waals surface area contributed by atoms with Crippen molar-refractivity contribution in [2.24, 2.45) is 4.99 Å². The van der Waals surface area contributed by atoms with E-state index >= 15 is 0 Å². The second-order valence-electron chi connectivity index (χ2n) is 7.47. The van der Waals surface area contributed by atoms with Crippen LogP contribution in [0.5, 0.6) is 0 Å². The number of rotatable bonds is 7. The molecule has 0 spiro atoms. The maximum atomic E-state index is 11.6. The first-order valence-corrected chi connectivity index (χ1v) is 11.9. The highest BCUT2D eigenvalue weighted by atomic mass is 32.2. The number of hydrogen-bond acceptors (Lipinski definition) is 4. The monoisotopic (exact) mass is 414 g/mol. The van der Waals surface area contributed by atoms with Crippen molar-refractivity contribution in [1.82, 2.24) is 15.5 Å². The van der Waals surface area contributed by atoms with Gasteiger partial charge in [-0.2, -0.15) is 0 Å². The van der Waals surface area contributed by atoms with Crippen LogP contribution in [-0.4, -0.2) is 51.7 Å². The van der Waals surface area contributed by atoms with Crippen LogP contribution >= 0.6 is 0 Å². The van der Waals surface area contributed by atoms with Gasteiger partial charge in [-0.05, 0) is 42.6 Å². The summed E-state index contributed by atoms with van der Waals surface area (Å²) < 4.78 is 23.1. The Morgan fingerprint density at radius 1 is 1.07 bits per heavy atom. The van der Waals surface area contributed by atoms with Gasteiger partial charge >= 0.3 is 0 Å². The highest BCUT2D eigenvalue weighted by Crippen LogP contribution is 2.19. The van der Waals surface area contributed by atoms with Crippen LogP contribution in [0, 0.1) is 0 Å². The number of aliphatic imine (C=N–C) groups is 1. The second kappa shape index (κ2) is 9.89. The Balaban J connectivity index is 1.48. The summed E-state index contributed by atoms with van der Waals surface area (Å²) in [6.07, 6.45) is 3.62. The fraction of sp³-hybridized carbons (Fsp3) is 0.409. The Kier molecular flexibility index (Phi) is 7.28. The van der Waals surface area contributed by atoms with Crippen molar-refractivity contribution < 1.29 is 8.42 Å². The lowest BCUT2D eigenvalue weighted by atomic mass is 10.2. The van der Waals surface area contributed by atoms with Crippen LogP contribution in [0.4, 0.5) is 0 Å². The minimum atomic E-state index is -3.16.